The molecule has 10 heteroatoms. The average molecular weight is 379 g/mol. The van der Waals surface area contributed by atoms with Gasteiger partial charge in [-0.15, -0.1) is 0 Å². The number of nitro benzene ring substituents is 1. The van der Waals surface area contributed by atoms with Crippen LogP contribution in [0.1, 0.15) is 10.4 Å². The number of carbonyl (C=O) groups excluding carboxylic acids is 1. The maximum atomic E-state index is 12.9. The van der Waals surface area contributed by atoms with E-state index in [4.69, 9.17) is 0 Å². The van der Waals surface area contributed by atoms with Crippen LogP contribution >= 0.6 is 0 Å². The predicted octanol–water partition coefficient (Wildman–Crippen LogP) is 1.53. The Morgan fingerprint density at radius 2 is 1.89 bits per heavy atom. The summed E-state index contributed by atoms with van der Waals surface area (Å²) in [5.74, 6) is 0.410. The summed E-state index contributed by atoms with van der Waals surface area (Å²) in [7, 11) is 0. The van der Waals surface area contributed by atoms with Crippen molar-refractivity contribution in [3.05, 3.63) is 70.9 Å². The highest BCUT2D eigenvalue weighted by Gasteiger charge is 2.26. The van der Waals surface area contributed by atoms with Gasteiger partial charge in [-0.05, 0) is 18.2 Å². The molecule has 2 aromatic heterocycles. The monoisotopic (exact) mass is 379 g/mol. The van der Waals surface area contributed by atoms with E-state index in [0.29, 0.717) is 43.2 Å². The first kappa shape index (κ1) is 17.6. The van der Waals surface area contributed by atoms with Crippen LogP contribution in [0.2, 0.25) is 0 Å². The molecule has 1 aromatic carbocycles. The smallest absolute Gasteiger partial charge is 0.292 e. The Balaban J connectivity index is 1.47. The lowest BCUT2D eigenvalue weighted by Gasteiger charge is -2.35. The van der Waals surface area contributed by atoms with Crippen molar-refractivity contribution < 1.29 is 9.72 Å². The van der Waals surface area contributed by atoms with E-state index >= 15 is 0 Å². The van der Waals surface area contributed by atoms with Crippen LogP contribution in [0.5, 0.6) is 0 Å². The van der Waals surface area contributed by atoms with Gasteiger partial charge >= 0.3 is 0 Å². The summed E-state index contributed by atoms with van der Waals surface area (Å²) in [5.41, 5.74) is 1.17. The van der Waals surface area contributed by atoms with Crippen molar-refractivity contribution in [1.82, 2.24) is 24.6 Å². The molecule has 0 aliphatic carbocycles. The Bertz CT molecular complexity index is 998. The van der Waals surface area contributed by atoms with Crippen molar-refractivity contribution >= 4 is 17.3 Å². The number of nitro groups is 1. The predicted molar refractivity (Wildman–Crippen MR) is 100 cm³/mol. The second-order valence-corrected chi connectivity index (χ2v) is 6.27. The molecule has 10 nitrogen and oxygen atoms in total. The van der Waals surface area contributed by atoms with Gasteiger partial charge < -0.3 is 9.80 Å². The van der Waals surface area contributed by atoms with Gasteiger partial charge in [-0.3, -0.25) is 14.9 Å². The summed E-state index contributed by atoms with van der Waals surface area (Å²) < 4.78 is 1.49. The summed E-state index contributed by atoms with van der Waals surface area (Å²) in [6, 6.07) is 10.0. The van der Waals surface area contributed by atoms with Crippen LogP contribution in [0.4, 0.5) is 11.4 Å². The molecule has 0 spiro atoms. The van der Waals surface area contributed by atoms with Crippen molar-refractivity contribution in [3.8, 4) is 5.82 Å². The Hall–Kier alpha value is -3.82. The number of benzene rings is 1. The Morgan fingerprint density at radius 3 is 2.61 bits per heavy atom. The van der Waals surface area contributed by atoms with Crippen molar-refractivity contribution in [2.45, 2.75) is 0 Å². The van der Waals surface area contributed by atoms with Crippen molar-refractivity contribution in [2.75, 3.05) is 31.1 Å². The van der Waals surface area contributed by atoms with E-state index in [-0.39, 0.29) is 16.5 Å². The standard InChI is InChI=1S/C18H17N7O3/c26-18(14-5-6-20-17(11-14)24-13-19-12-21-24)23-9-7-22(8-10-23)15-3-1-2-4-16(15)25(27)28/h1-6,11-13H,7-10H2. The second kappa shape index (κ2) is 7.43. The zero-order chi connectivity index (χ0) is 19.5. The minimum absolute atomic E-state index is 0.0777. The molecule has 0 saturated carbocycles. The Kier molecular flexibility index (Phi) is 4.67. The number of carbonyl (C=O) groups is 1. The van der Waals surface area contributed by atoms with E-state index in [2.05, 4.69) is 15.1 Å². The molecule has 3 heterocycles. The number of aromatic nitrogens is 4. The van der Waals surface area contributed by atoms with Gasteiger partial charge in [0.05, 0.1) is 4.92 Å². The fraction of sp³-hybridized carbons (Fsp3) is 0.222. The van der Waals surface area contributed by atoms with Gasteiger partial charge in [0.25, 0.3) is 11.6 Å². The SMILES string of the molecule is O=C(c1ccnc(-n2cncn2)c1)N1CCN(c2ccccc2[N+](=O)[O-])CC1. The number of hydrogen-bond donors (Lipinski definition) is 0. The number of piperazine rings is 1. The molecular formula is C18H17N7O3. The van der Waals surface area contributed by atoms with Crippen LogP contribution in [-0.2, 0) is 0 Å². The molecule has 4 rings (SSSR count). The van der Waals surface area contributed by atoms with E-state index in [1.807, 2.05) is 4.90 Å². The van der Waals surface area contributed by atoms with Gasteiger partial charge in [0.15, 0.2) is 5.82 Å². The number of amides is 1. The van der Waals surface area contributed by atoms with Crippen molar-refractivity contribution in [1.29, 1.82) is 0 Å². The lowest BCUT2D eigenvalue weighted by Crippen LogP contribution is -2.49. The molecule has 0 N–H and O–H groups in total. The molecule has 1 aliphatic rings. The molecular weight excluding hydrogens is 362 g/mol. The van der Waals surface area contributed by atoms with Crippen LogP contribution in [0.3, 0.4) is 0 Å². The van der Waals surface area contributed by atoms with Crippen LogP contribution < -0.4 is 4.90 Å². The summed E-state index contributed by atoms with van der Waals surface area (Å²) in [6.07, 6.45) is 4.48. The fourth-order valence-electron chi connectivity index (χ4n) is 3.22. The maximum absolute atomic E-state index is 12.9. The third kappa shape index (κ3) is 3.39. The van der Waals surface area contributed by atoms with E-state index in [9.17, 15) is 14.9 Å². The van der Waals surface area contributed by atoms with Gasteiger partial charge in [0.2, 0.25) is 0 Å². The molecule has 28 heavy (non-hydrogen) atoms. The molecule has 0 unspecified atom stereocenters. The minimum atomic E-state index is -0.379. The molecule has 3 aromatic rings. The highest BCUT2D eigenvalue weighted by Crippen LogP contribution is 2.28. The maximum Gasteiger partial charge on any atom is 0.292 e. The topological polar surface area (TPSA) is 110 Å². The zero-order valence-corrected chi connectivity index (χ0v) is 14.9. The molecule has 1 amide bonds. The number of anilines is 1. The molecule has 0 radical (unpaired) electrons. The largest absolute Gasteiger partial charge is 0.362 e. The number of hydrogen-bond acceptors (Lipinski definition) is 7. The number of rotatable bonds is 4. The van der Waals surface area contributed by atoms with Gasteiger partial charge in [-0.25, -0.2) is 14.6 Å². The first-order valence-electron chi connectivity index (χ1n) is 8.72. The third-order valence-electron chi connectivity index (χ3n) is 4.63. The van der Waals surface area contributed by atoms with Crippen LogP contribution in [0, 0.1) is 10.1 Å². The lowest BCUT2D eigenvalue weighted by molar-refractivity contribution is -0.384. The van der Waals surface area contributed by atoms with Crippen molar-refractivity contribution in [2.24, 2.45) is 0 Å². The van der Waals surface area contributed by atoms with E-state index < -0.39 is 0 Å². The lowest BCUT2D eigenvalue weighted by atomic mass is 10.2. The van der Waals surface area contributed by atoms with E-state index in [1.54, 1.807) is 41.4 Å². The Labute approximate surface area is 160 Å². The van der Waals surface area contributed by atoms with Crippen LogP contribution in [-0.4, -0.2) is 61.7 Å². The average Bonchev–Trinajstić information content (AvgIpc) is 3.28. The summed E-state index contributed by atoms with van der Waals surface area (Å²) >= 11 is 0. The zero-order valence-electron chi connectivity index (χ0n) is 14.9. The number of pyridine rings is 1. The van der Waals surface area contributed by atoms with E-state index in [0.717, 1.165) is 0 Å². The molecule has 1 aliphatic heterocycles. The minimum Gasteiger partial charge on any atom is -0.362 e. The molecule has 1 saturated heterocycles. The number of para-hydroxylation sites is 2. The first-order valence-corrected chi connectivity index (χ1v) is 8.72. The van der Waals surface area contributed by atoms with Crippen molar-refractivity contribution in [3.63, 3.8) is 0 Å². The quantitative estimate of drug-likeness (QED) is 0.499. The summed E-state index contributed by atoms with van der Waals surface area (Å²) in [6.45, 7) is 2.01. The molecule has 142 valence electrons. The van der Waals surface area contributed by atoms with Gasteiger partial charge in [0.1, 0.15) is 18.3 Å². The summed E-state index contributed by atoms with van der Waals surface area (Å²) in [4.78, 5) is 35.5. The molecule has 0 bridgehead atoms. The molecule has 1 fully saturated rings. The normalized spacial score (nSPS) is 14.1. The Morgan fingerprint density at radius 1 is 1.11 bits per heavy atom. The van der Waals surface area contributed by atoms with Crippen LogP contribution in [0.25, 0.3) is 5.82 Å². The highest BCUT2D eigenvalue weighted by molar-refractivity contribution is 5.94. The third-order valence-corrected chi connectivity index (χ3v) is 4.63. The van der Waals surface area contributed by atoms with Gasteiger partial charge in [0, 0.05) is 44.0 Å². The second-order valence-electron chi connectivity index (χ2n) is 6.27. The van der Waals surface area contributed by atoms with Gasteiger partial charge in [-0.2, -0.15) is 5.10 Å². The highest BCUT2D eigenvalue weighted by atomic mass is 16.6. The first-order chi connectivity index (χ1) is 13.6. The van der Waals surface area contributed by atoms with E-state index in [1.165, 1.54) is 23.4 Å². The number of nitrogens with zero attached hydrogens (tertiary/aromatic N) is 7. The van der Waals surface area contributed by atoms with Crippen LogP contribution in [0.15, 0.2) is 55.2 Å². The van der Waals surface area contributed by atoms with Gasteiger partial charge in [-0.1, -0.05) is 12.1 Å². The summed E-state index contributed by atoms with van der Waals surface area (Å²) in [5, 5.41) is 15.3. The fourth-order valence-corrected chi connectivity index (χ4v) is 3.22. The molecule has 0 atom stereocenters.